The first-order valence-corrected chi connectivity index (χ1v) is 8.88. The second kappa shape index (κ2) is 6.34. The van der Waals surface area contributed by atoms with Gasteiger partial charge in [-0.05, 0) is 12.8 Å². The first kappa shape index (κ1) is 16.0. The smallest absolute Gasteiger partial charge is 0.281 e. The van der Waals surface area contributed by atoms with Gasteiger partial charge in [0.2, 0.25) is 0 Å². The summed E-state index contributed by atoms with van der Waals surface area (Å²) in [7, 11) is -0.237. The molecule has 3 rings (SSSR count). The van der Waals surface area contributed by atoms with E-state index >= 15 is 0 Å². The van der Waals surface area contributed by atoms with Crippen LogP contribution in [-0.4, -0.2) is 64.1 Å². The van der Waals surface area contributed by atoms with E-state index in [4.69, 9.17) is 0 Å². The molecule has 0 bridgehead atoms. The van der Waals surface area contributed by atoms with Gasteiger partial charge in [0.25, 0.3) is 10.2 Å². The number of nitrogens with one attached hydrogen (secondary N) is 1. The lowest BCUT2D eigenvalue weighted by Gasteiger charge is -2.32. The zero-order chi connectivity index (χ0) is 16.4. The van der Waals surface area contributed by atoms with Crippen molar-refractivity contribution in [3.05, 3.63) is 30.5 Å². The second-order valence-corrected chi connectivity index (χ2v) is 7.83. The van der Waals surface area contributed by atoms with E-state index in [1.165, 1.54) is 8.61 Å². The fourth-order valence-electron chi connectivity index (χ4n) is 2.82. The molecule has 1 aliphatic rings. The Hall–Kier alpha value is -1.84. The molecule has 2 aromatic rings. The minimum atomic E-state index is -3.35. The molecule has 1 saturated heterocycles. The molecule has 0 aromatic carbocycles. The summed E-state index contributed by atoms with van der Waals surface area (Å²) in [5.41, 5.74) is 1.62. The lowest BCUT2D eigenvalue weighted by molar-refractivity contribution is 0.300. The molecular formula is C14H20N6O2S. The molecule has 0 unspecified atom stereocenters. The molecule has 0 saturated carbocycles. The van der Waals surface area contributed by atoms with E-state index in [1.54, 1.807) is 38.9 Å². The Morgan fingerprint density at radius 2 is 1.83 bits per heavy atom. The average molecular weight is 336 g/mol. The summed E-state index contributed by atoms with van der Waals surface area (Å²) in [4.78, 5) is 16.2. The minimum Gasteiger partial charge on any atom is -0.343 e. The third-order valence-corrected chi connectivity index (χ3v) is 6.02. The van der Waals surface area contributed by atoms with Crippen molar-refractivity contribution in [1.29, 1.82) is 0 Å². The summed E-state index contributed by atoms with van der Waals surface area (Å²) in [6, 6.07) is 0. The molecule has 23 heavy (non-hydrogen) atoms. The van der Waals surface area contributed by atoms with Crippen LogP contribution in [0.3, 0.4) is 0 Å². The predicted molar refractivity (Wildman–Crippen MR) is 85.8 cm³/mol. The number of aromatic nitrogens is 4. The van der Waals surface area contributed by atoms with Gasteiger partial charge >= 0.3 is 0 Å². The Labute approximate surface area is 135 Å². The van der Waals surface area contributed by atoms with Crippen LogP contribution in [0.1, 0.15) is 24.5 Å². The summed E-state index contributed by atoms with van der Waals surface area (Å²) in [5.74, 6) is 0.869. The zero-order valence-electron chi connectivity index (χ0n) is 13.2. The topological polar surface area (TPSA) is 95.1 Å². The SMILES string of the molecule is CN(C)S(=O)(=O)N1CCC(c2nccnc2-c2ncc[nH]2)CC1. The van der Waals surface area contributed by atoms with Crippen molar-refractivity contribution in [3.8, 4) is 11.5 Å². The average Bonchev–Trinajstić information content (AvgIpc) is 3.09. The number of hydrogen-bond acceptors (Lipinski definition) is 5. The van der Waals surface area contributed by atoms with E-state index in [0.29, 0.717) is 18.9 Å². The standard InChI is InChI=1S/C14H20N6O2S/c1-19(2)23(21,22)20-9-3-11(4-10-20)12-13(16-6-5-15-12)14-17-7-8-18-14/h5-8,11H,3-4,9-10H2,1-2H3,(H,17,18). The third-order valence-electron chi connectivity index (χ3n) is 4.08. The van der Waals surface area contributed by atoms with Gasteiger partial charge < -0.3 is 4.98 Å². The number of H-pyrrole nitrogens is 1. The highest BCUT2D eigenvalue weighted by molar-refractivity contribution is 7.86. The molecule has 0 radical (unpaired) electrons. The summed E-state index contributed by atoms with van der Waals surface area (Å²) in [6.07, 6.45) is 8.19. The fourth-order valence-corrected chi connectivity index (χ4v) is 3.95. The van der Waals surface area contributed by atoms with Crippen LogP contribution in [0.4, 0.5) is 0 Å². The van der Waals surface area contributed by atoms with Gasteiger partial charge in [-0.2, -0.15) is 17.0 Å². The van der Waals surface area contributed by atoms with Crippen molar-refractivity contribution in [1.82, 2.24) is 28.5 Å². The molecule has 0 spiro atoms. The largest absolute Gasteiger partial charge is 0.343 e. The molecule has 9 heteroatoms. The lowest BCUT2D eigenvalue weighted by Crippen LogP contribution is -2.44. The van der Waals surface area contributed by atoms with E-state index in [9.17, 15) is 8.42 Å². The lowest BCUT2D eigenvalue weighted by atomic mass is 9.93. The molecule has 2 aromatic heterocycles. The van der Waals surface area contributed by atoms with Gasteiger partial charge in [0, 0.05) is 57.9 Å². The molecule has 0 atom stereocenters. The van der Waals surface area contributed by atoms with Crippen molar-refractivity contribution < 1.29 is 8.42 Å². The summed E-state index contributed by atoms with van der Waals surface area (Å²) >= 11 is 0. The van der Waals surface area contributed by atoms with Crippen molar-refractivity contribution in [2.75, 3.05) is 27.2 Å². The van der Waals surface area contributed by atoms with Crippen LogP contribution in [0.15, 0.2) is 24.8 Å². The van der Waals surface area contributed by atoms with Crippen molar-refractivity contribution >= 4 is 10.2 Å². The van der Waals surface area contributed by atoms with Crippen LogP contribution in [-0.2, 0) is 10.2 Å². The van der Waals surface area contributed by atoms with Crippen LogP contribution in [0.2, 0.25) is 0 Å². The molecule has 124 valence electrons. The van der Waals surface area contributed by atoms with E-state index in [-0.39, 0.29) is 5.92 Å². The van der Waals surface area contributed by atoms with Gasteiger partial charge in [0.15, 0.2) is 5.82 Å². The summed E-state index contributed by atoms with van der Waals surface area (Å²) in [6.45, 7) is 0.971. The number of nitrogens with zero attached hydrogens (tertiary/aromatic N) is 5. The maximum Gasteiger partial charge on any atom is 0.281 e. The quantitative estimate of drug-likeness (QED) is 0.893. The van der Waals surface area contributed by atoms with Gasteiger partial charge in [0.1, 0.15) is 5.69 Å². The number of hydrogen-bond donors (Lipinski definition) is 1. The Kier molecular flexibility index (Phi) is 4.42. The maximum absolute atomic E-state index is 12.2. The summed E-state index contributed by atoms with van der Waals surface area (Å²) in [5, 5.41) is 0. The van der Waals surface area contributed by atoms with Gasteiger partial charge in [-0.3, -0.25) is 4.98 Å². The normalized spacial score (nSPS) is 17.7. The van der Waals surface area contributed by atoms with E-state index in [0.717, 1.165) is 24.2 Å². The molecule has 1 fully saturated rings. The minimum absolute atomic E-state index is 0.178. The van der Waals surface area contributed by atoms with Crippen LogP contribution in [0, 0.1) is 0 Å². The Bertz CT molecular complexity index is 751. The number of rotatable bonds is 4. The molecule has 1 aliphatic heterocycles. The van der Waals surface area contributed by atoms with E-state index in [1.807, 2.05) is 0 Å². The fraction of sp³-hybridized carbons (Fsp3) is 0.500. The van der Waals surface area contributed by atoms with Crippen LogP contribution in [0.25, 0.3) is 11.5 Å². The van der Waals surface area contributed by atoms with E-state index in [2.05, 4.69) is 19.9 Å². The Balaban J connectivity index is 1.79. The van der Waals surface area contributed by atoms with Crippen molar-refractivity contribution in [2.24, 2.45) is 0 Å². The Morgan fingerprint density at radius 1 is 1.13 bits per heavy atom. The van der Waals surface area contributed by atoms with E-state index < -0.39 is 10.2 Å². The first-order valence-electron chi connectivity index (χ1n) is 7.48. The highest BCUT2D eigenvalue weighted by Crippen LogP contribution is 2.32. The molecule has 8 nitrogen and oxygen atoms in total. The Morgan fingerprint density at radius 3 is 2.43 bits per heavy atom. The van der Waals surface area contributed by atoms with Gasteiger partial charge in [-0.15, -0.1) is 0 Å². The number of aromatic amines is 1. The predicted octanol–water partition coefficient (Wildman–Crippen LogP) is 0.852. The molecular weight excluding hydrogens is 316 g/mol. The molecule has 3 heterocycles. The third kappa shape index (κ3) is 3.12. The van der Waals surface area contributed by atoms with Gasteiger partial charge in [-0.25, -0.2) is 9.97 Å². The second-order valence-electron chi connectivity index (χ2n) is 5.69. The van der Waals surface area contributed by atoms with Gasteiger partial charge in [-0.1, -0.05) is 0 Å². The van der Waals surface area contributed by atoms with Crippen molar-refractivity contribution in [2.45, 2.75) is 18.8 Å². The van der Waals surface area contributed by atoms with Crippen LogP contribution < -0.4 is 0 Å². The molecule has 0 aliphatic carbocycles. The van der Waals surface area contributed by atoms with Crippen molar-refractivity contribution in [3.63, 3.8) is 0 Å². The number of piperidine rings is 1. The first-order chi connectivity index (χ1) is 11.0. The number of imidazole rings is 1. The van der Waals surface area contributed by atoms with Gasteiger partial charge in [0.05, 0.1) is 5.69 Å². The molecule has 0 amide bonds. The monoisotopic (exact) mass is 336 g/mol. The molecule has 1 N–H and O–H groups in total. The highest BCUT2D eigenvalue weighted by Gasteiger charge is 2.31. The zero-order valence-corrected chi connectivity index (χ0v) is 14.0. The highest BCUT2D eigenvalue weighted by atomic mass is 32.2. The van der Waals surface area contributed by atoms with Crippen LogP contribution >= 0.6 is 0 Å². The maximum atomic E-state index is 12.2. The summed E-state index contributed by atoms with van der Waals surface area (Å²) < 4.78 is 27.2. The van der Waals surface area contributed by atoms with Crippen LogP contribution in [0.5, 0.6) is 0 Å².